The van der Waals surface area contributed by atoms with Crippen molar-refractivity contribution in [3.63, 3.8) is 0 Å². The minimum atomic E-state index is -2.00. The first-order valence-corrected chi connectivity index (χ1v) is 36.1. The molecule has 110 heavy (non-hydrogen) atoms. The minimum Gasteiger partial charge on any atom is -0.481 e. The molecule has 0 radical (unpaired) electrons. The van der Waals surface area contributed by atoms with Gasteiger partial charge in [0, 0.05) is 13.0 Å². The number of carbonyl (C=O) groups is 19. The van der Waals surface area contributed by atoms with Crippen LogP contribution >= 0.6 is 0 Å². The van der Waals surface area contributed by atoms with Crippen LogP contribution in [0.4, 0.5) is 0 Å². The number of guanidine groups is 1. The fourth-order valence-electron chi connectivity index (χ4n) is 10.0. The van der Waals surface area contributed by atoms with Gasteiger partial charge >= 0.3 is 11.9 Å². The molecule has 0 saturated carbocycles. The van der Waals surface area contributed by atoms with Crippen molar-refractivity contribution in [3.05, 3.63) is 0 Å². The van der Waals surface area contributed by atoms with Gasteiger partial charge in [-0.3, -0.25) is 91.7 Å². The first kappa shape index (κ1) is 99.1. The van der Waals surface area contributed by atoms with Gasteiger partial charge in [0.15, 0.2) is 5.96 Å². The highest BCUT2D eigenvalue weighted by molar-refractivity contribution is 6.01. The van der Waals surface area contributed by atoms with E-state index in [4.69, 9.17) is 39.8 Å². The molecule has 0 rings (SSSR count). The topological polar surface area (TPSA) is 737 Å². The maximum absolute atomic E-state index is 14.3. The van der Waals surface area contributed by atoms with Crippen LogP contribution in [0.2, 0.25) is 0 Å². The van der Waals surface area contributed by atoms with Gasteiger partial charge in [0.1, 0.15) is 72.5 Å². The Bertz CT molecular complexity index is 3200. The van der Waals surface area contributed by atoms with Crippen molar-refractivity contribution < 1.29 is 101 Å². The quantitative estimate of drug-likeness (QED) is 0.0153. The molecule has 0 aliphatic carbocycles. The number of nitrogens with one attached hydrogen (secondary N) is 17. The molecule has 0 bridgehead atoms. The Morgan fingerprint density at radius 1 is 0.373 bits per heavy atom. The maximum Gasteiger partial charge on any atom is 0.326 e. The van der Waals surface area contributed by atoms with Crippen LogP contribution in [-0.2, 0) is 91.1 Å². The number of carbonyl (C=O) groups excluding carboxylic acids is 17. The van der Waals surface area contributed by atoms with E-state index < -0.39 is 241 Å². The van der Waals surface area contributed by atoms with Crippen molar-refractivity contribution in [2.45, 2.75) is 238 Å². The van der Waals surface area contributed by atoms with E-state index in [0.29, 0.717) is 19.3 Å². The van der Waals surface area contributed by atoms with E-state index in [1.165, 1.54) is 41.5 Å². The third kappa shape index (κ3) is 40.9. The van der Waals surface area contributed by atoms with E-state index in [9.17, 15) is 101 Å². The number of hydrogen-bond acceptors (Lipinski definition) is 23. The lowest BCUT2D eigenvalue weighted by atomic mass is 9.97. The van der Waals surface area contributed by atoms with Gasteiger partial charge < -0.3 is 130 Å². The molecule has 14 atom stereocenters. The molecule has 0 aliphatic rings. The second-order valence-corrected chi connectivity index (χ2v) is 27.1. The van der Waals surface area contributed by atoms with E-state index in [1.807, 2.05) is 0 Å². The largest absolute Gasteiger partial charge is 0.481 e. The summed E-state index contributed by atoms with van der Waals surface area (Å²) in [6.45, 7) is 13.0. The molecule has 31 N–H and O–H groups in total. The minimum absolute atomic E-state index is 0.0138. The monoisotopic (exact) mass is 1570 g/mol. The highest BCUT2D eigenvalue weighted by atomic mass is 16.4. The summed E-state index contributed by atoms with van der Waals surface area (Å²) < 4.78 is 0. The molecule has 17 amide bonds. The number of unbranched alkanes of at least 4 members (excludes halogenated alkanes) is 2. The van der Waals surface area contributed by atoms with Gasteiger partial charge in [0.2, 0.25) is 100 Å². The van der Waals surface area contributed by atoms with E-state index >= 15 is 0 Å². The van der Waals surface area contributed by atoms with Gasteiger partial charge in [-0.25, -0.2) is 4.79 Å². The van der Waals surface area contributed by atoms with Crippen LogP contribution in [-0.4, -0.2) is 246 Å². The summed E-state index contributed by atoms with van der Waals surface area (Å²) in [6.07, 6.45) is -1.61. The number of aliphatic carboxylic acids is 2. The number of carboxylic acids is 2. The average molecular weight is 1570 g/mol. The maximum atomic E-state index is 14.3. The lowest BCUT2D eigenvalue weighted by molar-refractivity contribution is -0.142. The molecule has 0 heterocycles. The SMILES string of the molecule is CC[C@H](C)[C@H](NC(=O)[C@H](C)NC(=O)[C@H](C)N)C(=O)N[C@@H](CCCCN)C(=O)N[C@@H](C)C(=O)NCC(=O)N[C@@H](C)C(=O)N[C@@H](CCCNC(=N)N)C(=O)N[C@@H](CC(=O)O)C(=O)N[C@@H](CCCCN)C(=O)N[C@H](C(=O)N[C@@H](CC(N)=O)C(=O)N[C@@H](CC(C)C)C(=O)NCC(=O)NCC(=O)N[C@@H](CCC(N)=O)C(=O)O)C(C)C. The zero-order valence-corrected chi connectivity index (χ0v) is 64.0. The molecular weight excluding hydrogens is 1450 g/mol. The summed E-state index contributed by atoms with van der Waals surface area (Å²) in [5.74, 6) is -21.4. The number of carboxylic acid groups (broad SMARTS) is 2. The Morgan fingerprint density at radius 2 is 0.782 bits per heavy atom. The summed E-state index contributed by atoms with van der Waals surface area (Å²) in [6, 6.07) is -18.8. The number of primary amides is 2. The van der Waals surface area contributed by atoms with Crippen LogP contribution < -0.4 is 119 Å². The predicted octanol–water partition coefficient (Wildman–Crippen LogP) is -9.47. The highest BCUT2D eigenvalue weighted by Gasteiger charge is 2.38. The Hall–Kier alpha value is -10.9. The van der Waals surface area contributed by atoms with Crippen molar-refractivity contribution in [3.8, 4) is 0 Å². The van der Waals surface area contributed by atoms with Crippen molar-refractivity contribution in [2.24, 2.45) is 52.2 Å². The van der Waals surface area contributed by atoms with Crippen molar-refractivity contribution in [2.75, 3.05) is 39.3 Å². The number of hydrogen-bond donors (Lipinski definition) is 25. The van der Waals surface area contributed by atoms with E-state index in [-0.39, 0.29) is 83.3 Å². The van der Waals surface area contributed by atoms with Crippen molar-refractivity contribution in [1.29, 1.82) is 5.41 Å². The predicted molar refractivity (Wildman–Crippen MR) is 394 cm³/mol. The third-order valence-electron chi connectivity index (χ3n) is 16.5. The molecule has 44 nitrogen and oxygen atoms in total. The molecule has 0 aliphatic heterocycles. The molecule has 0 saturated heterocycles. The fourth-order valence-corrected chi connectivity index (χ4v) is 10.0. The lowest BCUT2D eigenvalue weighted by Crippen LogP contribution is -2.61. The lowest BCUT2D eigenvalue weighted by Gasteiger charge is -2.29. The second-order valence-electron chi connectivity index (χ2n) is 27.1. The molecule has 0 aromatic carbocycles. The zero-order valence-electron chi connectivity index (χ0n) is 64.0. The fraction of sp³-hybridized carbons (Fsp3) is 0.697. The summed E-state index contributed by atoms with van der Waals surface area (Å²) in [5, 5.41) is 65.1. The van der Waals surface area contributed by atoms with Crippen LogP contribution in [0.5, 0.6) is 0 Å². The highest BCUT2D eigenvalue weighted by Crippen LogP contribution is 2.14. The number of amides is 17. The standard InChI is InChI=1S/C66H117N23O21/c1-11-33(6)52(89-56(100)37(10)79-53(97)34(7)69)64(108)84-38(17-12-14-22-67)58(102)80-35(8)54(98)76-30-48(93)78-36(9)55(99)82-40(19-16-24-74-66(72)73)59(103)86-44(27-50(95)96)62(106)83-39(18-13-15-23-68)60(104)88-51(32(4)5)63(107)87-43(26-46(71)91)61(105)85-42(25-31(2)3)57(101)77-28-47(92)75-29-49(94)81-41(65(109)110)20-21-45(70)90/h31-44,51-52H,11-30,67-69H2,1-10H3,(H2,70,90)(H2,71,91)(H,75,92)(H,76,98)(H,77,101)(H,78,93)(H,79,97)(H,80,102)(H,81,94)(H,82,99)(H,83,106)(H,84,108)(H,85,105)(H,86,103)(H,87,107)(H,88,104)(H,89,100)(H,95,96)(H,109,110)(H4,72,73,74)/t33-,34-,35-,36-,37-,38-,39-,40-,41-,42-,43-,44-,51-,52-/m0/s1. The van der Waals surface area contributed by atoms with Crippen LogP contribution in [0.15, 0.2) is 0 Å². The summed E-state index contributed by atoms with van der Waals surface area (Å²) >= 11 is 0. The molecule has 0 fully saturated rings. The summed E-state index contributed by atoms with van der Waals surface area (Å²) in [4.78, 5) is 249. The molecular formula is C66H117N23O21. The van der Waals surface area contributed by atoms with Gasteiger partial charge in [0.25, 0.3) is 0 Å². The van der Waals surface area contributed by atoms with Gasteiger partial charge in [-0.1, -0.05) is 48.0 Å². The first-order valence-electron chi connectivity index (χ1n) is 36.1. The van der Waals surface area contributed by atoms with Gasteiger partial charge in [0.05, 0.1) is 38.5 Å². The molecule has 44 heteroatoms. The van der Waals surface area contributed by atoms with E-state index in [0.717, 1.165) is 0 Å². The Balaban J connectivity index is 6.53. The van der Waals surface area contributed by atoms with Crippen molar-refractivity contribution >= 4 is 118 Å². The third-order valence-corrected chi connectivity index (χ3v) is 16.5. The van der Waals surface area contributed by atoms with Crippen LogP contribution in [0.1, 0.15) is 159 Å². The molecule has 0 unspecified atom stereocenters. The van der Waals surface area contributed by atoms with Crippen LogP contribution in [0.25, 0.3) is 0 Å². The van der Waals surface area contributed by atoms with Gasteiger partial charge in [-0.15, -0.1) is 0 Å². The zero-order chi connectivity index (χ0) is 84.2. The summed E-state index contributed by atoms with van der Waals surface area (Å²) in [7, 11) is 0. The van der Waals surface area contributed by atoms with Gasteiger partial charge in [-0.2, -0.15) is 0 Å². The van der Waals surface area contributed by atoms with E-state index in [1.54, 1.807) is 27.7 Å². The molecule has 0 aromatic heterocycles. The Morgan fingerprint density at radius 3 is 1.28 bits per heavy atom. The van der Waals surface area contributed by atoms with Crippen LogP contribution in [0, 0.1) is 23.2 Å². The number of rotatable bonds is 55. The Labute approximate surface area is 637 Å². The second kappa shape index (κ2) is 52.2. The van der Waals surface area contributed by atoms with Gasteiger partial charge in [-0.05, 0) is 123 Å². The smallest absolute Gasteiger partial charge is 0.326 e. The van der Waals surface area contributed by atoms with Crippen molar-refractivity contribution in [1.82, 2.24) is 85.1 Å². The first-order chi connectivity index (χ1) is 51.4. The molecule has 0 spiro atoms. The van der Waals surface area contributed by atoms with Crippen LogP contribution in [0.3, 0.4) is 0 Å². The summed E-state index contributed by atoms with van der Waals surface area (Å²) in [5.41, 5.74) is 33.0. The average Bonchev–Trinajstić information content (AvgIpc) is 0.856. The molecule has 622 valence electrons. The van der Waals surface area contributed by atoms with E-state index in [2.05, 4.69) is 85.1 Å². The normalized spacial score (nSPS) is 14.8. The molecule has 0 aromatic rings. The Kier molecular flexibility index (Phi) is 47.0. The number of nitrogens with two attached hydrogens (primary N) is 6.